The van der Waals surface area contributed by atoms with E-state index in [1.807, 2.05) is 0 Å². The molecule has 140 valence electrons. The van der Waals surface area contributed by atoms with E-state index in [0.717, 1.165) is 17.0 Å². The molecule has 0 saturated carbocycles. The lowest BCUT2D eigenvalue weighted by atomic mass is 10.1. The molecule has 0 aliphatic heterocycles. The summed E-state index contributed by atoms with van der Waals surface area (Å²) in [6.07, 6.45) is -4.68. The number of carbonyl (C=O) groups excluding carboxylic acids is 1. The van der Waals surface area contributed by atoms with Gasteiger partial charge in [0.25, 0.3) is 0 Å². The second kappa shape index (κ2) is 7.53. The van der Waals surface area contributed by atoms with Crippen LogP contribution in [0.15, 0.2) is 42.5 Å². The fourth-order valence-electron chi connectivity index (χ4n) is 2.41. The fourth-order valence-corrected chi connectivity index (χ4v) is 2.81. The van der Waals surface area contributed by atoms with E-state index in [0.29, 0.717) is 5.56 Å². The van der Waals surface area contributed by atoms with Crippen molar-refractivity contribution < 1.29 is 18.0 Å². The number of nitrogens with one attached hydrogen (secondary N) is 2. The van der Waals surface area contributed by atoms with Crippen molar-refractivity contribution in [2.24, 2.45) is 0 Å². The molecule has 1 aromatic heterocycles. The fraction of sp³-hybridized carbons (Fsp3) is 0.0667. The van der Waals surface area contributed by atoms with Crippen molar-refractivity contribution in [3.63, 3.8) is 0 Å². The highest BCUT2D eigenvalue weighted by Gasteiger charge is 2.34. The zero-order valence-corrected chi connectivity index (χ0v) is 15.5. The number of hydrogen-bond acceptors (Lipinski definition) is 4. The lowest BCUT2D eigenvalue weighted by Crippen LogP contribution is -2.32. The van der Waals surface area contributed by atoms with Crippen LogP contribution in [0.25, 0.3) is 11.4 Å². The topological polar surface area (TPSA) is 86.8 Å². The molecule has 0 unspecified atom stereocenters. The van der Waals surface area contributed by atoms with Crippen LogP contribution in [0.2, 0.25) is 5.02 Å². The maximum atomic E-state index is 13.2. The number of tetrazole rings is 1. The molecular formula is C15H9BrClF3N6O. The summed E-state index contributed by atoms with van der Waals surface area (Å²) in [5, 5.41) is 13.0. The van der Waals surface area contributed by atoms with Gasteiger partial charge in [-0.2, -0.15) is 18.4 Å². The third-order valence-corrected chi connectivity index (χ3v) is 4.20. The highest BCUT2D eigenvalue weighted by molar-refractivity contribution is 9.08. The third-order valence-electron chi connectivity index (χ3n) is 3.53. The molecule has 0 radical (unpaired) electrons. The van der Waals surface area contributed by atoms with E-state index in [4.69, 9.17) is 11.6 Å². The summed E-state index contributed by atoms with van der Waals surface area (Å²) in [7, 11) is 0. The minimum atomic E-state index is -4.68. The summed E-state index contributed by atoms with van der Waals surface area (Å²) >= 11 is 8.49. The predicted octanol–water partition coefficient (Wildman–Crippen LogP) is 4.70. The van der Waals surface area contributed by atoms with Crippen molar-refractivity contribution in [3.8, 4) is 11.4 Å². The van der Waals surface area contributed by atoms with Crippen LogP contribution in [0, 0.1) is 0 Å². The number of benzene rings is 2. The molecule has 0 atom stereocenters. The monoisotopic (exact) mass is 460 g/mol. The molecule has 2 N–H and O–H groups in total. The molecule has 3 aromatic rings. The second-order valence-electron chi connectivity index (χ2n) is 5.15. The van der Waals surface area contributed by atoms with Crippen LogP contribution in [-0.4, -0.2) is 26.7 Å². The molecule has 1 heterocycles. The summed E-state index contributed by atoms with van der Waals surface area (Å²) in [5.74, 6) is 0.169. The Morgan fingerprint density at radius 3 is 2.59 bits per heavy atom. The number of hydrogen-bond donors (Lipinski definition) is 2. The summed E-state index contributed by atoms with van der Waals surface area (Å²) in [5.41, 5.74) is -0.497. The van der Waals surface area contributed by atoms with Gasteiger partial charge in [0.1, 0.15) is 0 Å². The molecule has 12 heteroatoms. The molecule has 0 fully saturated rings. The highest BCUT2D eigenvalue weighted by atomic mass is 79.9. The van der Waals surface area contributed by atoms with Crippen LogP contribution in [-0.2, 0) is 6.18 Å². The maximum Gasteiger partial charge on any atom is 0.417 e. The van der Waals surface area contributed by atoms with E-state index in [-0.39, 0.29) is 17.2 Å². The van der Waals surface area contributed by atoms with Gasteiger partial charge in [0, 0.05) is 5.56 Å². The van der Waals surface area contributed by atoms with Crippen molar-refractivity contribution in [2.75, 3.05) is 4.90 Å². The minimum absolute atomic E-state index is 0.0559. The SMILES string of the molecule is O=C(NBr)N(c1ccc(Cl)c(C(F)(F)F)c1)c1ccccc1-c1nn[nH]n1. The number of halogens is 5. The number of aromatic nitrogens is 4. The van der Waals surface area contributed by atoms with Gasteiger partial charge in [-0.05, 0) is 35.5 Å². The quantitative estimate of drug-likeness (QED) is 0.554. The average Bonchev–Trinajstić information content (AvgIpc) is 3.17. The molecule has 0 spiro atoms. The van der Waals surface area contributed by atoms with Crippen molar-refractivity contribution >= 4 is 45.2 Å². The number of para-hydroxylation sites is 1. The largest absolute Gasteiger partial charge is 0.417 e. The maximum absolute atomic E-state index is 13.2. The smallest absolute Gasteiger partial charge is 0.274 e. The van der Waals surface area contributed by atoms with Gasteiger partial charge in [-0.1, -0.05) is 23.7 Å². The van der Waals surface area contributed by atoms with Crippen LogP contribution >= 0.6 is 27.7 Å². The van der Waals surface area contributed by atoms with Gasteiger partial charge in [-0.3, -0.25) is 9.24 Å². The molecule has 27 heavy (non-hydrogen) atoms. The number of amides is 2. The predicted molar refractivity (Wildman–Crippen MR) is 95.7 cm³/mol. The van der Waals surface area contributed by atoms with Gasteiger partial charge in [0.05, 0.1) is 38.1 Å². The average molecular weight is 462 g/mol. The van der Waals surface area contributed by atoms with E-state index in [2.05, 4.69) is 41.1 Å². The van der Waals surface area contributed by atoms with Crippen LogP contribution in [0.4, 0.5) is 29.3 Å². The van der Waals surface area contributed by atoms with E-state index in [1.165, 1.54) is 12.1 Å². The van der Waals surface area contributed by atoms with E-state index < -0.39 is 22.8 Å². The highest BCUT2D eigenvalue weighted by Crippen LogP contribution is 2.40. The molecule has 0 saturated heterocycles. The Bertz CT molecular complexity index is 966. The molecule has 7 nitrogen and oxygen atoms in total. The Kier molecular flexibility index (Phi) is 5.33. The van der Waals surface area contributed by atoms with E-state index in [1.54, 1.807) is 18.2 Å². The standard InChI is InChI=1S/C15H9BrClF3N6O/c16-21-14(27)26(8-5-6-11(17)10(7-8)15(18,19)20)12-4-2-1-3-9(12)13-22-24-25-23-13/h1-7H,(H,21,27)(H,22,23,24,25). The Labute approximate surface area is 163 Å². The Balaban J connectivity index is 2.20. The van der Waals surface area contributed by atoms with Crippen LogP contribution in [0.5, 0.6) is 0 Å². The molecule has 3 rings (SSSR count). The number of anilines is 2. The Morgan fingerprint density at radius 1 is 1.22 bits per heavy atom. The van der Waals surface area contributed by atoms with Crippen molar-refractivity contribution in [1.29, 1.82) is 0 Å². The first-order chi connectivity index (χ1) is 12.8. The van der Waals surface area contributed by atoms with Gasteiger partial charge in [-0.15, -0.1) is 10.2 Å². The van der Waals surface area contributed by atoms with Crippen LogP contribution in [0.3, 0.4) is 0 Å². The second-order valence-corrected chi connectivity index (χ2v) is 5.95. The number of carbonyl (C=O) groups is 1. The number of nitrogens with zero attached hydrogens (tertiary/aromatic N) is 4. The Hall–Kier alpha value is -2.66. The van der Waals surface area contributed by atoms with Gasteiger partial charge in [-0.25, -0.2) is 4.79 Å². The number of rotatable bonds is 3. The molecule has 0 aliphatic rings. The Morgan fingerprint density at radius 2 is 1.96 bits per heavy atom. The lowest BCUT2D eigenvalue weighted by Gasteiger charge is -2.24. The molecule has 0 bridgehead atoms. The summed E-state index contributed by atoms with van der Waals surface area (Å²) in [6.45, 7) is 0. The first-order valence-corrected chi connectivity index (χ1v) is 8.40. The van der Waals surface area contributed by atoms with Crippen LogP contribution in [0.1, 0.15) is 5.56 Å². The molecule has 0 aliphatic carbocycles. The van der Waals surface area contributed by atoms with Crippen molar-refractivity contribution in [2.45, 2.75) is 6.18 Å². The van der Waals surface area contributed by atoms with Gasteiger partial charge in [0.15, 0.2) is 0 Å². The van der Waals surface area contributed by atoms with Gasteiger partial charge in [0.2, 0.25) is 5.82 Å². The number of aromatic amines is 1. The first-order valence-electron chi connectivity index (χ1n) is 7.23. The van der Waals surface area contributed by atoms with Gasteiger partial charge >= 0.3 is 12.2 Å². The number of urea groups is 1. The summed E-state index contributed by atoms with van der Waals surface area (Å²) in [4.78, 5) is 13.5. The normalized spacial score (nSPS) is 11.3. The summed E-state index contributed by atoms with van der Waals surface area (Å²) < 4.78 is 41.9. The zero-order valence-electron chi connectivity index (χ0n) is 13.1. The van der Waals surface area contributed by atoms with E-state index in [9.17, 15) is 18.0 Å². The zero-order chi connectivity index (χ0) is 19.6. The summed E-state index contributed by atoms with van der Waals surface area (Å²) in [6, 6.07) is 8.86. The molecule has 2 amide bonds. The van der Waals surface area contributed by atoms with Gasteiger partial charge < -0.3 is 0 Å². The molecular weight excluding hydrogens is 453 g/mol. The third kappa shape index (κ3) is 3.88. The van der Waals surface area contributed by atoms with E-state index >= 15 is 0 Å². The van der Waals surface area contributed by atoms with Crippen molar-refractivity contribution in [1.82, 2.24) is 25.0 Å². The molecule has 2 aromatic carbocycles. The number of H-pyrrole nitrogens is 1. The first kappa shape index (κ1) is 19.1. The van der Waals surface area contributed by atoms with Crippen molar-refractivity contribution in [3.05, 3.63) is 53.1 Å². The van der Waals surface area contributed by atoms with Crippen LogP contribution < -0.4 is 9.24 Å². The minimum Gasteiger partial charge on any atom is -0.274 e. The lowest BCUT2D eigenvalue weighted by molar-refractivity contribution is -0.137. The number of alkyl halides is 3.